The highest BCUT2D eigenvalue weighted by Gasteiger charge is 2.34. The topological polar surface area (TPSA) is 12.0 Å². The Bertz CT molecular complexity index is 456. The van der Waals surface area contributed by atoms with Crippen molar-refractivity contribution in [2.45, 2.75) is 50.2 Å². The van der Waals surface area contributed by atoms with E-state index < -0.39 is 17.6 Å². The second-order valence-electron chi connectivity index (χ2n) is 5.44. The Labute approximate surface area is 116 Å². The first-order chi connectivity index (χ1) is 9.41. The van der Waals surface area contributed by atoms with E-state index in [2.05, 4.69) is 5.32 Å². The average molecular weight is 289 g/mol. The van der Waals surface area contributed by atoms with Gasteiger partial charge in [0.2, 0.25) is 0 Å². The maximum atomic E-state index is 13.6. The smallest absolute Gasteiger partial charge is 0.317 e. The van der Waals surface area contributed by atoms with E-state index in [1.54, 1.807) is 0 Å². The predicted molar refractivity (Wildman–Crippen MR) is 70.1 cm³/mol. The molecule has 20 heavy (non-hydrogen) atoms. The van der Waals surface area contributed by atoms with E-state index in [0.29, 0.717) is 11.6 Å². The lowest BCUT2D eigenvalue weighted by atomic mass is 9.89. The number of halogens is 4. The summed E-state index contributed by atoms with van der Waals surface area (Å²) in [6.45, 7) is 0. The van der Waals surface area contributed by atoms with Gasteiger partial charge in [0.25, 0.3) is 0 Å². The van der Waals surface area contributed by atoms with Gasteiger partial charge in [-0.15, -0.1) is 0 Å². The Morgan fingerprint density at radius 3 is 2.45 bits per heavy atom. The second kappa shape index (κ2) is 6.12. The number of hydrogen-bond donors (Lipinski definition) is 1. The monoisotopic (exact) mass is 289 g/mol. The Kier molecular flexibility index (Phi) is 4.68. The van der Waals surface area contributed by atoms with Crippen molar-refractivity contribution in [1.29, 1.82) is 0 Å². The van der Waals surface area contributed by atoms with Gasteiger partial charge in [-0.2, -0.15) is 13.2 Å². The molecule has 2 atom stereocenters. The Morgan fingerprint density at radius 2 is 1.85 bits per heavy atom. The molecule has 1 nitrogen and oxygen atoms in total. The van der Waals surface area contributed by atoms with E-state index in [1.165, 1.54) is 6.07 Å². The third-order valence-electron chi connectivity index (χ3n) is 4.10. The van der Waals surface area contributed by atoms with Gasteiger partial charge in [0.15, 0.2) is 0 Å². The van der Waals surface area contributed by atoms with Crippen LogP contribution < -0.4 is 5.32 Å². The molecule has 2 rings (SSSR count). The molecular formula is C15H19F4N. The van der Waals surface area contributed by atoms with E-state index >= 15 is 0 Å². The molecule has 1 aromatic carbocycles. The Balaban J connectivity index is 2.22. The van der Waals surface area contributed by atoms with Crippen LogP contribution in [0.4, 0.5) is 17.6 Å². The van der Waals surface area contributed by atoms with E-state index in [1.807, 2.05) is 7.05 Å². The minimum Gasteiger partial charge on any atom is -0.317 e. The zero-order valence-electron chi connectivity index (χ0n) is 11.4. The first-order valence-corrected chi connectivity index (χ1v) is 6.95. The highest BCUT2D eigenvalue weighted by Crippen LogP contribution is 2.36. The fourth-order valence-electron chi connectivity index (χ4n) is 2.94. The molecule has 112 valence electrons. The molecule has 5 heteroatoms. The highest BCUT2D eigenvalue weighted by molar-refractivity contribution is 5.29. The molecule has 2 unspecified atom stereocenters. The Morgan fingerprint density at radius 1 is 1.15 bits per heavy atom. The summed E-state index contributed by atoms with van der Waals surface area (Å²) < 4.78 is 51.3. The van der Waals surface area contributed by atoms with Crippen LogP contribution in [0.3, 0.4) is 0 Å². The summed E-state index contributed by atoms with van der Waals surface area (Å²) in [4.78, 5) is 0. The molecule has 0 spiro atoms. The predicted octanol–water partition coefficient (Wildman–Crippen LogP) is 4.48. The number of rotatable bonds is 2. The Hall–Kier alpha value is -1.10. The fourth-order valence-corrected chi connectivity index (χ4v) is 2.94. The van der Waals surface area contributed by atoms with Crippen molar-refractivity contribution in [2.24, 2.45) is 0 Å². The van der Waals surface area contributed by atoms with Crippen LogP contribution in [0.15, 0.2) is 18.2 Å². The van der Waals surface area contributed by atoms with Crippen molar-refractivity contribution in [3.05, 3.63) is 35.1 Å². The molecule has 1 aromatic rings. The third-order valence-corrected chi connectivity index (χ3v) is 4.10. The summed E-state index contributed by atoms with van der Waals surface area (Å²) >= 11 is 0. The van der Waals surface area contributed by atoms with E-state index in [0.717, 1.165) is 44.2 Å². The summed E-state index contributed by atoms with van der Waals surface area (Å²) in [7, 11) is 1.89. The van der Waals surface area contributed by atoms with Crippen molar-refractivity contribution in [1.82, 2.24) is 5.32 Å². The van der Waals surface area contributed by atoms with Crippen LogP contribution in [-0.4, -0.2) is 13.1 Å². The number of alkyl halides is 3. The molecule has 1 aliphatic rings. The molecule has 0 bridgehead atoms. The molecular weight excluding hydrogens is 270 g/mol. The van der Waals surface area contributed by atoms with Crippen molar-refractivity contribution in [2.75, 3.05) is 7.05 Å². The van der Waals surface area contributed by atoms with Gasteiger partial charge in [0.05, 0.1) is 5.56 Å². The lowest BCUT2D eigenvalue weighted by Gasteiger charge is -2.20. The first-order valence-electron chi connectivity index (χ1n) is 6.95. The molecule has 0 aromatic heterocycles. The maximum absolute atomic E-state index is 13.6. The van der Waals surface area contributed by atoms with Gasteiger partial charge in [-0.05, 0) is 49.9 Å². The summed E-state index contributed by atoms with van der Waals surface area (Å²) in [6.07, 6.45) is 0.330. The van der Waals surface area contributed by atoms with Crippen LogP contribution in [0.2, 0.25) is 0 Å². The lowest BCUT2D eigenvalue weighted by Crippen LogP contribution is -2.25. The van der Waals surface area contributed by atoms with Gasteiger partial charge in [0, 0.05) is 6.04 Å². The summed E-state index contributed by atoms with van der Waals surface area (Å²) in [5.74, 6) is -1.04. The van der Waals surface area contributed by atoms with Gasteiger partial charge in [0.1, 0.15) is 5.82 Å². The van der Waals surface area contributed by atoms with Crippen LogP contribution in [0.5, 0.6) is 0 Å². The van der Waals surface area contributed by atoms with E-state index in [4.69, 9.17) is 0 Å². The minimum absolute atomic E-state index is 0.131. The summed E-state index contributed by atoms with van der Waals surface area (Å²) in [6, 6.07) is 3.71. The van der Waals surface area contributed by atoms with Crippen LogP contribution >= 0.6 is 0 Å². The van der Waals surface area contributed by atoms with Gasteiger partial charge >= 0.3 is 6.18 Å². The standard InChI is InChI=1S/C15H19F4N/c1-20-12-5-3-2-4-10(8-12)11-6-7-13(14(16)9-11)15(17,18)19/h6-7,9-10,12,20H,2-5,8H2,1H3. The zero-order chi connectivity index (χ0) is 14.8. The molecule has 1 fully saturated rings. The fraction of sp³-hybridized carbons (Fsp3) is 0.600. The highest BCUT2D eigenvalue weighted by atomic mass is 19.4. The summed E-state index contributed by atoms with van der Waals surface area (Å²) in [5.41, 5.74) is -0.502. The van der Waals surface area contributed by atoms with Crippen LogP contribution in [-0.2, 0) is 6.18 Å². The minimum atomic E-state index is -4.63. The number of benzene rings is 1. The van der Waals surface area contributed by atoms with E-state index in [9.17, 15) is 17.6 Å². The van der Waals surface area contributed by atoms with Crippen molar-refractivity contribution in [3.8, 4) is 0 Å². The van der Waals surface area contributed by atoms with Crippen molar-refractivity contribution >= 4 is 0 Å². The average Bonchev–Trinajstić information content (AvgIpc) is 2.62. The first kappa shape index (κ1) is 15.3. The largest absolute Gasteiger partial charge is 0.419 e. The maximum Gasteiger partial charge on any atom is 0.419 e. The molecule has 0 amide bonds. The molecule has 0 saturated heterocycles. The van der Waals surface area contributed by atoms with Crippen molar-refractivity contribution < 1.29 is 17.6 Å². The molecule has 1 N–H and O–H groups in total. The molecule has 1 saturated carbocycles. The van der Waals surface area contributed by atoms with Crippen LogP contribution in [0.1, 0.15) is 49.1 Å². The van der Waals surface area contributed by atoms with Gasteiger partial charge < -0.3 is 5.32 Å². The van der Waals surface area contributed by atoms with Gasteiger partial charge in [-0.1, -0.05) is 18.9 Å². The molecule has 1 aliphatic carbocycles. The van der Waals surface area contributed by atoms with Gasteiger partial charge in [-0.3, -0.25) is 0 Å². The second-order valence-corrected chi connectivity index (χ2v) is 5.44. The lowest BCUT2D eigenvalue weighted by molar-refractivity contribution is -0.140. The van der Waals surface area contributed by atoms with Crippen LogP contribution in [0.25, 0.3) is 0 Å². The van der Waals surface area contributed by atoms with Gasteiger partial charge in [-0.25, -0.2) is 4.39 Å². The number of hydrogen-bond acceptors (Lipinski definition) is 1. The zero-order valence-corrected chi connectivity index (χ0v) is 11.4. The number of nitrogens with one attached hydrogen (secondary N) is 1. The third kappa shape index (κ3) is 3.51. The van der Waals surface area contributed by atoms with Crippen molar-refractivity contribution in [3.63, 3.8) is 0 Å². The van der Waals surface area contributed by atoms with E-state index in [-0.39, 0.29) is 5.92 Å². The summed E-state index contributed by atoms with van der Waals surface area (Å²) in [5, 5.41) is 3.22. The molecule has 0 heterocycles. The van der Waals surface area contributed by atoms with Crippen LogP contribution in [0, 0.1) is 5.82 Å². The SMILES string of the molecule is CNC1CCCCC(c2ccc(C(F)(F)F)c(F)c2)C1. The molecule has 0 aliphatic heterocycles. The quantitative estimate of drug-likeness (QED) is 0.625. The normalized spacial score (nSPS) is 24.4. The molecule has 0 radical (unpaired) electrons.